The molecule has 0 saturated carbocycles. The molecule has 0 saturated heterocycles. The van der Waals surface area contributed by atoms with E-state index in [4.69, 9.17) is 0 Å². The van der Waals surface area contributed by atoms with E-state index >= 15 is 0 Å². The molecule has 0 atom stereocenters. The van der Waals surface area contributed by atoms with Crippen LogP contribution in [0.25, 0.3) is 0 Å². The molecule has 2 nitrogen and oxygen atoms in total. The minimum Gasteiger partial charge on any atom is -0.854 e. The third kappa shape index (κ3) is 38.9. The van der Waals surface area contributed by atoms with Gasteiger partial charge < -0.3 is 17.6 Å². The van der Waals surface area contributed by atoms with Crippen molar-refractivity contribution in [2.75, 3.05) is 13.2 Å². The summed E-state index contributed by atoms with van der Waals surface area (Å²) < 4.78 is 0. The Hall–Kier alpha value is -0.250. The van der Waals surface area contributed by atoms with Gasteiger partial charge >= 0.3 is 25.8 Å². The second-order valence-electron chi connectivity index (χ2n) is 2.57. The molecule has 0 bridgehead atoms. The predicted molar refractivity (Wildman–Crippen MR) is 67.3 cm³/mol. The molecule has 0 amide bonds. The minimum atomic E-state index is -0.0243. The van der Waals surface area contributed by atoms with Gasteiger partial charge in [-0.05, 0) is 0 Å². The van der Waals surface area contributed by atoms with E-state index in [1.165, 1.54) is 0 Å². The molecule has 0 N–H and O–H groups in total. The molecule has 94 valence electrons. The first kappa shape index (κ1) is 25.6. The fourth-order valence-corrected chi connectivity index (χ4v) is 0.507. The summed E-state index contributed by atoms with van der Waals surface area (Å²) in [6.45, 7) is 6.65. The molecule has 0 radical (unpaired) electrons. The number of hydrogen-bond acceptors (Lipinski definition) is 2. The minimum absolute atomic E-state index is 0. The van der Waals surface area contributed by atoms with E-state index in [2.05, 4.69) is 25.3 Å². The number of rotatable bonds is 4. The molecule has 1 aliphatic rings. The summed E-state index contributed by atoms with van der Waals surface area (Å²) in [5.74, 6) is 0. The summed E-state index contributed by atoms with van der Waals surface area (Å²) in [4.78, 5) is 0. The molecule has 0 heterocycles. The van der Waals surface area contributed by atoms with E-state index in [1.54, 1.807) is 12.2 Å². The van der Waals surface area contributed by atoms with Gasteiger partial charge in [0.25, 0.3) is 0 Å². The average molecular weight is 401 g/mol. The maximum atomic E-state index is 9.46. The van der Waals surface area contributed by atoms with Crippen LogP contribution in [0.4, 0.5) is 0 Å². The Morgan fingerprint density at radius 3 is 1.65 bits per heavy atom. The van der Waals surface area contributed by atoms with Crippen LogP contribution in [0.3, 0.4) is 0 Å². The molecule has 1 rings (SSSR count). The largest absolute Gasteiger partial charge is 4.00 e. The molecule has 1 aliphatic carbocycles. The van der Waals surface area contributed by atoms with Gasteiger partial charge in [-0.25, -0.2) is 12.2 Å². The van der Waals surface area contributed by atoms with Crippen molar-refractivity contribution < 1.29 is 36.1 Å². The van der Waals surface area contributed by atoms with E-state index < -0.39 is 0 Å². The average Bonchev–Trinajstić information content (AvgIpc) is 2.79. The molecule has 0 aliphatic heterocycles. The fraction of sp³-hybridized carbons (Fsp3) is 0.357. The summed E-state index contributed by atoms with van der Waals surface area (Å²) in [6.07, 6.45) is 14.4. The molecule has 0 aromatic rings. The first-order chi connectivity index (χ1) is 7.33. The smallest absolute Gasteiger partial charge is 0.854 e. The molecular weight excluding hydrogens is 379 g/mol. The second kappa shape index (κ2) is 29.7. The molecule has 0 fully saturated rings. The predicted octanol–water partition coefficient (Wildman–Crippen LogP) is 1.60. The normalized spacial score (nSPS) is 9.53. The Morgan fingerprint density at radius 2 is 1.59 bits per heavy atom. The second-order valence-corrected chi connectivity index (χ2v) is 2.57. The summed E-state index contributed by atoms with van der Waals surface area (Å²) in [5.41, 5.74) is 0. The zero-order valence-corrected chi connectivity index (χ0v) is 14.2. The maximum Gasteiger partial charge on any atom is 4.00 e. The van der Waals surface area contributed by atoms with Gasteiger partial charge in [-0.3, -0.25) is 6.08 Å². The van der Waals surface area contributed by atoms with Gasteiger partial charge in [-0.15, -0.1) is 32.8 Å². The van der Waals surface area contributed by atoms with E-state index in [1.807, 2.05) is 12.2 Å². The van der Waals surface area contributed by atoms with Gasteiger partial charge in [0.2, 0.25) is 0 Å². The van der Waals surface area contributed by atoms with Crippen molar-refractivity contribution in [2.45, 2.75) is 19.3 Å². The Morgan fingerprint density at radius 1 is 1.12 bits per heavy atom. The van der Waals surface area contributed by atoms with Crippen molar-refractivity contribution in [3.8, 4) is 0 Å². The molecule has 3 heteroatoms. The van der Waals surface area contributed by atoms with Crippen LogP contribution in [0.15, 0.2) is 43.5 Å². The van der Waals surface area contributed by atoms with Crippen LogP contribution in [0.2, 0.25) is 0 Å². The van der Waals surface area contributed by atoms with Crippen LogP contribution >= 0.6 is 0 Å². The third-order valence-corrected chi connectivity index (χ3v) is 1.23. The van der Waals surface area contributed by atoms with Crippen LogP contribution in [0.5, 0.6) is 0 Å². The van der Waals surface area contributed by atoms with Crippen LogP contribution in [0.1, 0.15) is 19.3 Å². The molecule has 0 aromatic carbocycles. The van der Waals surface area contributed by atoms with Gasteiger partial charge in [0.05, 0.1) is 0 Å². The van der Waals surface area contributed by atoms with E-state index in [0.717, 1.165) is 6.42 Å². The van der Waals surface area contributed by atoms with Crippen molar-refractivity contribution in [1.82, 2.24) is 0 Å². The Kier molecular flexibility index (Phi) is 44.6. The zero-order valence-electron chi connectivity index (χ0n) is 10.7. The van der Waals surface area contributed by atoms with E-state index in [0.29, 0.717) is 12.8 Å². The number of allylic oxidation sites excluding steroid dienone is 4. The molecular formula is C14H22HfO2. The number of hydrogen-bond donors (Lipinski definition) is 0. The van der Waals surface area contributed by atoms with Crippen LogP contribution in [0, 0.1) is 13.5 Å². The van der Waals surface area contributed by atoms with E-state index in [-0.39, 0.29) is 46.5 Å². The summed E-state index contributed by atoms with van der Waals surface area (Å²) >= 11 is 0. The SMILES string of the molecule is C=CCC[O-].C=CCC[O-].[C-]1=CC=CC1.[CH3-].[Hf+4]. The topological polar surface area (TPSA) is 46.1 Å². The van der Waals surface area contributed by atoms with Gasteiger partial charge in [-0.1, -0.05) is 25.0 Å². The molecule has 0 spiro atoms. The summed E-state index contributed by atoms with van der Waals surface area (Å²) in [5, 5.41) is 18.9. The van der Waals surface area contributed by atoms with Crippen molar-refractivity contribution in [3.63, 3.8) is 0 Å². The molecule has 0 aromatic heterocycles. The van der Waals surface area contributed by atoms with Crippen molar-refractivity contribution in [2.24, 2.45) is 0 Å². The van der Waals surface area contributed by atoms with Crippen molar-refractivity contribution in [1.29, 1.82) is 0 Å². The Bertz CT molecular complexity index is 167. The first-order valence-electron chi connectivity index (χ1n) is 4.93. The van der Waals surface area contributed by atoms with Gasteiger partial charge in [-0.2, -0.15) is 6.08 Å². The van der Waals surface area contributed by atoms with Crippen molar-refractivity contribution >= 4 is 0 Å². The third-order valence-electron chi connectivity index (χ3n) is 1.23. The van der Waals surface area contributed by atoms with Crippen LogP contribution < -0.4 is 10.2 Å². The monoisotopic (exact) mass is 402 g/mol. The molecule has 0 unspecified atom stereocenters. The first-order valence-corrected chi connectivity index (χ1v) is 4.93. The maximum absolute atomic E-state index is 9.46. The van der Waals surface area contributed by atoms with Crippen LogP contribution in [-0.4, -0.2) is 13.2 Å². The summed E-state index contributed by atoms with van der Waals surface area (Å²) in [6, 6.07) is 0. The standard InChI is InChI=1S/C5H5.2C4H7O.CH3.Hf/c1-2-4-5-3-1;2*1-2-3-4-5;;/h1-3H,4H2;2*2H,1,3-4H2;1H3;/q4*-1;+4. The Balaban J connectivity index is -0.0000000704. The van der Waals surface area contributed by atoms with Gasteiger partial charge in [0.1, 0.15) is 0 Å². The van der Waals surface area contributed by atoms with Gasteiger partial charge in [0.15, 0.2) is 0 Å². The Labute approximate surface area is 125 Å². The summed E-state index contributed by atoms with van der Waals surface area (Å²) in [7, 11) is 0. The van der Waals surface area contributed by atoms with Crippen molar-refractivity contribution in [3.05, 3.63) is 57.0 Å². The fourth-order valence-electron chi connectivity index (χ4n) is 0.507. The molecule has 17 heavy (non-hydrogen) atoms. The zero-order chi connectivity index (χ0) is 11.8. The quantitative estimate of drug-likeness (QED) is 0.409. The van der Waals surface area contributed by atoms with Gasteiger partial charge in [0, 0.05) is 0 Å². The van der Waals surface area contributed by atoms with Crippen LogP contribution in [-0.2, 0) is 25.8 Å². The van der Waals surface area contributed by atoms with E-state index in [9.17, 15) is 10.2 Å².